The zero-order valence-corrected chi connectivity index (χ0v) is 17.4. The number of aromatic amines is 2. The quantitative estimate of drug-likeness (QED) is 0.309. The molecular weight excluding hydrogens is 390 g/mol. The van der Waals surface area contributed by atoms with Crippen LogP contribution < -0.4 is 19.5 Å². The number of ether oxygens (including phenoxy) is 3. The summed E-state index contributed by atoms with van der Waals surface area (Å²) in [6.07, 6.45) is 0. The summed E-state index contributed by atoms with van der Waals surface area (Å²) in [4.78, 5) is 0. The first kappa shape index (κ1) is 18.9. The van der Waals surface area contributed by atoms with Gasteiger partial charge in [-0.05, 0) is 53.4 Å². The minimum Gasteiger partial charge on any atom is -0.493 e. The standard InChI is InChI=1S/C25H23N3O3/c1-29-22-13-17-12-21-24(20(17)14-23(22)30-2)27-28-25(21)26-18-8-10-19(11-9-18)31-15-16-6-4-3-5-7-16/h3-14,26-28H,15H2,1-2H3. The van der Waals surface area contributed by atoms with E-state index in [0.717, 1.165) is 44.8 Å². The first-order valence-corrected chi connectivity index (χ1v) is 10.0. The molecule has 0 saturated carbocycles. The maximum Gasteiger partial charge on any atom is 0.161 e. The summed E-state index contributed by atoms with van der Waals surface area (Å²) in [5, 5.41) is 12.1. The third kappa shape index (κ3) is 3.64. The van der Waals surface area contributed by atoms with Crippen molar-refractivity contribution in [2.45, 2.75) is 6.61 Å². The summed E-state index contributed by atoms with van der Waals surface area (Å²) in [6.45, 7) is 0.548. The molecule has 0 fully saturated rings. The number of rotatable bonds is 7. The van der Waals surface area contributed by atoms with Crippen LogP contribution >= 0.6 is 0 Å². The molecule has 2 aliphatic rings. The summed E-state index contributed by atoms with van der Waals surface area (Å²) < 4.78 is 16.7. The Morgan fingerprint density at radius 3 is 2.29 bits per heavy atom. The molecule has 3 aromatic rings. The molecule has 0 unspecified atom stereocenters. The lowest BCUT2D eigenvalue weighted by Gasteiger charge is -2.08. The molecule has 1 aliphatic carbocycles. The second-order valence-electron chi connectivity index (χ2n) is 7.28. The lowest BCUT2D eigenvalue weighted by molar-refractivity contribution is 0.306. The number of aromatic nitrogens is 2. The largest absolute Gasteiger partial charge is 0.493 e. The Kier molecular flexibility index (Phi) is 4.88. The van der Waals surface area contributed by atoms with E-state index in [0.29, 0.717) is 18.1 Å². The molecule has 6 heteroatoms. The molecule has 0 amide bonds. The van der Waals surface area contributed by atoms with Crippen LogP contribution in [0.5, 0.6) is 17.2 Å². The summed E-state index contributed by atoms with van der Waals surface area (Å²) in [5.41, 5.74) is 4.19. The van der Waals surface area contributed by atoms with Gasteiger partial charge >= 0.3 is 0 Å². The molecule has 6 nitrogen and oxygen atoms in total. The highest BCUT2D eigenvalue weighted by molar-refractivity contribution is 6.05. The lowest BCUT2D eigenvalue weighted by atomic mass is 10.2. The zero-order valence-electron chi connectivity index (χ0n) is 17.4. The van der Waals surface area contributed by atoms with Crippen molar-refractivity contribution in [2.24, 2.45) is 0 Å². The van der Waals surface area contributed by atoms with E-state index in [1.54, 1.807) is 14.2 Å². The van der Waals surface area contributed by atoms with Gasteiger partial charge in [0, 0.05) is 16.6 Å². The van der Waals surface area contributed by atoms with Gasteiger partial charge in [0.2, 0.25) is 0 Å². The monoisotopic (exact) mass is 413 g/mol. The first-order valence-electron chi connectivity index (χ1n) is 10.0. The number of methoxy groups -OCH3 is 2. The van der Waals surface area contributed by atoms with Crippen molar-refractivity contribution in [1.82, 2.24) is 10.2 Å². The van der Waals surface area contributed by atoms with E-state index >= 15 is 0 Å². The molecule has 3 aromatic carbocycles. The minimum atomic E-state index is 0.548. The highest BCUT2D eigenvalue weighted by Gasteiger charge is 2.19. The van der Waals surface area contributed by atoms with Crippen LogP contribution in [-0.2, 0) is 6.61 Å². The van der Waals surface area contributed by atoms with Crippen molar-refractivity contribution in [2.75, 3.05) is 19.5 Å². The first-order chi connectivity index (χ1) is 15.2. The predicted molar refractivity (Wildman–Crippen MR) is 123 cm³/mol. The van der Waals surface area contributed by atoms with Crippen LogP contribution in [0.25, 0.3) is 22.0 Å². The van der Waals surface area contributed by atoms with E-state index in [9.17, 15) is 0 Å². The van der Waals surface area contributed by atoms with Crippen LogP contribution in [0.3, 0.4) is 0 Å². The molecule has 5 rings (SSSR count). The fourth-order valence-electron chi connectivity index (χ4n) is 3.75. The van der Waals surface area contributed by atoms with Crippen LogP contribution in [0.1, 0.15) is 5.56 Å². The lowest BCUT2D eigenvalue weighted by Crippen LogP contribution is -1.95. The molecule has 156 valence electrons. The SMILES string of the molecule is COc1cc2cc3c(Nc4ccc(OCc5ccccc5)cc4)[nH][nH]c-3c2cc1OC. The highest BCUT2D eigenvalue weighted by atomic mass is 16.5. The summed E-state index contributed by atoms with van der Waals surface area (Å²) >= 11 is 0. The molecule has 0 aromatic heterocycles. The number of hydrogen-bond acceptors (Lipinski definition) is 4. The van der Waals surface area contributed by atoms with Crippen molar-refractivity contribution in [3.63, 3.8) is 0 Å². The third-order valence-corrected chi connectivity index (χ3v) is 5.35. The van der Waals surface area contributed by atoms with E-state index in [1.165, 1.54) is 0 Å². The molecule has 1 heterocycles. The summed E-state index contributed by atoms with van der Waals surface area (Å²) in [7, 11) is 3.29. The molecule has 0 saturated heterocycles. The number of fused-ring (bicyclic) bond motifs is 3. The fraction of sp³-hybridized carbons (Fsp3) is 0.120. The van der Waals surface area contributed by atoms with Crippen LogP contribution in [0.15, 0.2) is 72.8 Å². The smallest absolute Gasteiger partial charge is 0.161 e. The van der Waals surface area contributed by atoms with Gasteiger partial charge in [-0.25, -0.2) is 0 Å². The Labute approximate surface area is 180 Å². The van der Waals surface area contributed by atoms with Gasteiger partial charge in [-0.1, -0.05) is 30.3 Å². The number of benzene rings is 3. The topological polar surface area (TPSA) is 71.3 Å². The van der Waals surface area contributed by atoms with Gasteiger partial charge in [-0.15, -0.1) is 0 Å². The van der Waals surface area contributed by atoms with E-state index < -0.39 is 0 Å². The van der Waals surface area contributed by atoms with Gasteiger partial charge in [-0.2, -0.15) is 0 Å². The summed E-state index contributed by atoms with van der Waals surface area (Å²) in [5.74, 6) is 3.14. The van der Waals surface area contributed by atoms with Gasteiger partial charge in [0.15, 0.2) is 11.5 Å². The Morgan fingerprint density at radius 1 is 0.806 bits per heavy atom. The average molecular weight is 413 g/mol. The number of anilines is 2. The molecule has 1 aliphatic heterocycles. The van der Waals surface area contributed by atoms with E-state index in [1.807, 2.05) is 54.6 Å². The van der Waals surface area contributed by atoms with E-state index in [-0.39, 0.29) is 0 Å². The molecule has 3 N–H and O–H groups in total. The molecule has 0 spiro atoms. The minimum absolute atomic E-state index is 0.548. The molecule has 31 heavy (non-hydrogen) atoms. The maximum absolute atomic E-state index is 5.87. The van der Waals surface area contributed by atoms with Gasteiger partial charge < -0.3 is 19.5 Å². The second kappa shape index (κ2) is 7.99. The van der Waals surface area contributed by atoms with Crippen LogP contribution in [0.2, 0.25) is 0 Å². The van der Waals surface area contributed by atoms with Gasteiger partial charge in [0.05, 0.1) is 19.9 Å². The third-order valence-electron chi connectivity index (χ3n) is 5.35. The maximum atomic E-state index is 5.87. The molecule has 0 radical (unpaired) electrons. The van der Waals surface area contributed by atoms with Crippen molar-refractivity contribution in [3.8, 4) is 28.5 Å². The Hall–Kier alpha value is -4.06. The van der Waals surface area contributed by atoms with E-state index in [2.05, 4.69) is 33.7 Å². The van der Waals surface area contributed by atoms with Gasteiger partial charge in [0.25, 0.3) is 0 Å². The molecular formula is C25H23N3O3. The Morgan fingerprint density at radius 2 is 1.55 bits per heavy atom. The van der Waals surface area contributed by atoms with Crippen LogP contribution in [0.4, 0.5) is 11.5 Å². The average Bonchev–Trinajstić information content (AvgIpc) is 3.37. The number of nitrogens with one attached hydrogen (secondary N) is 3. The van der Waals surface area contributed by atoms with E-state index in [4.69, 9.17) is 14.2 Å². The normalized spacial score (nSPS) is 11.0. The van der Waals surface area contributed by atoms with Crippen LogP contribution in [0, 0.1) is 0 Å². The van der Waals surface area contributed by atoms with Crippen LogP contribution in [-0.4, -0.2) is 24.4 Å². The van der Waals surface area contributed by atoms with Crippen molar-refractivity contribution < 1.29 is 14.2 Å². The highest BCUT2D eigenvalue weighted by Crippen LogP contribution is 2.42. The number of H-pyrrole nitrogens is 2. The Bertz CT molecular complexity index is 1270. The van der Waals surface area contributed by atoms with Gasteiger partial charge in [-0.3, -0.25) is 10.2 Å². The van der Waals surface area contributed by atoms with Crippen molar-refractivity contribution in [3.05, 3.63) is 78.4 Å². The second-order valence-corrected chi connectivity index (χ2v) is 7.28. The Balaban J connectivity index is 1.34. The summed E-state index contributed by atoms with van der Waals surface area (Å²) in [6, 6.07) is 24.2. The predicted octanol–water partition coefficient (Wildman–Crippen LogP) is 5.94. The zero-order chi connectivity index (χ0) is 21.2. The van der Waals surface area contributed by atoms with Crippen molar-refractivity contribution in [1.29, 1.82) is 0 Å². The molecule has 0 bridgehead atoms. The number of hydrogen-bond donors (Lipinski definition) is 3. The van der Waals surface area contributed by atoms with Gasteiger partial charge in [0.1, 0.15) is 18.2 Å². The fourth-order valence-corrected chi connectivity index (χ4v) is 3.75. The molecule has 0 atom stereocenters. The van der Waals surface area contributed by atoms with Crippen molar-refractivity contribution >= 4 is 22.3 Å².